The molecule has 0 radical (unpaired) electrons. The van der Waals surface area contributed by atoms with Crippen molar-refractivity contribution in [2.75, 3.05) is 7.05 Å². The van der Waals surface area contributed by atoms with E-state index in [2.05, 4.69) is 0 Å². The van der Waals surface area contributed by atoms with Crippen molar-refractivity contribution in [2.24, 2.45) is 0 Å². The van der Waals surface area contributed by atoms with Crippen LogP contribution in [0.5, 0.6) is 5.75 Å². The predicted molar refractivity (Wildman–Crippen MR) is 84.5 cm³/mol. The third-order valence-electron chi connectivity index (χ3n) is 3.37. The van der Waals surface area contributed by atoms with Crippen LogP contribution in [0.3, 0.4) is 0 Å². The molecule has 21 heavy (non-hydrogen) atoms. The van der Waals surface area contributed by atoms with E-state index in [0.29, 0.717) is 0 Å². The Balaban J connectivity index is 2.37. The number of phenols is 1. The molecule has 4 heteroatoms. The molecule has 0 heterocycles. The van der Waals surface area contributed by atoms with Gasteiger partial charge in [-0.2, -0.15) is 0 Å². The van der Waals surface area contributed by atoms with Crippen LogP contribution < -0.4 is 0 Å². The van der Waals surface area contributed by atoms with Gasteiger partial charge in [0.15, 0.2) is 0 Å². The Morgan fingerprint density at radius 3 is 2.38 bits per heavy atom. The van der Waals surface area contributed by atoms with Gasteiger partial charge in [0.2, 0.25) is 0 Å². The number of phenolic OH excluding ortho intramolecular Hbond substituents is 1. The molecule has 4 nitrogen and oxygen atoms in total. The second-order valence-corrected chi connectivity index (χ2v) is 6.50. The zero-order chi connectivity index (χ0) is 16.0. The van der Waals surface area contributed by atoms with Crippen molar-refractivity contribution in [3.63, 3.8) is 0 Å². The van der Waals surface area contributed by atoms with Crippen molar-refractivity contribution in [1.82, 2.24) is 4.90 Å². The standard InChI is InChI=1S/C17H27NO3/c1-13(18(5)16(20)21-17(2,3)4)7-6-8-14-9-11-15(19)12-10-14/h9-13,19H,6-8H2,1-5H3. The first-order valence-corrected chi connectivity index (χ1v) is 7.43. The molecule has 0 fully saturated rings. The van der Waals surface area contributed by atoms with Crippen molar-refractivity contribution in [3.8, 4) is 5.75 Å². The number of aromatic hydroxyl groups is 1. The third kappa shape index (κ3) is 6.52. The Labute approximate surface area is 127 Å². The SMILES string of the molecule is CC(CCCc1ccc(O)cc1)N(C)C(=O)OC(C)(C)C. The molecule has 1 atom stereocenters. The van der Waals surface area contributed by atoms with Gasteiger partial charge >= 0.3 is 6.09 Å². The van der Waals surface area contributed by atoms with Gasteiger partial charge in [-0.05, 0) is 64.7 Å². The summed E-state index contributed by atoms with van der Waals surface area (Å²) in [4.78, 5) is 13.6. The average Bonchev–Trinajstić information content (AvgIpc) is 2.38. The summed E-state index contributed by atoms with van der Waals surface area (Å²) in [5, 5.41) is 9.24. The largest absolute Gasteiger partial charge is 0.508 e. The van der Waals surface area contributed by atoms with Crippen LogP contribution >= 0.6 is 0 Å². The van der Waals surface area contributed by atoms with Crippen LogP contribution in [-0.4, -0.2) is 34.8 Å². The highest BCUT2D eigenvalue weighted by Gasteiger charge is 2.22. The Morgan fingerprint density at radius 2 is 1.86 bits per heavy atom. The number of carbonyl (C=O) groups is 1. The zero-order valence-corrected chi connectivity index (χ0v) is 13.7. The number of ether oxygens (including phenoxy) is 1. The Hall–Kier alpha value is -1.71. The topological polar surface area (TPSA) is 49.8 Å². The molecule has 118 valence electrons. The summed E-state index contributed by atoms with van der Waals surface area (Å²) in [7, 11) is 1.78. The molecule has 0 saturated carbocycles. The van der Waals surface area contributed by atoms with E-state index in [9.17, 15) is 9.90 Å². The second-order valence-electron chi connectivity index (χ2n) is 6.50. The lowest BCUT2D eigenvalue weighted by atomic mass is 10.0. The van der Waals surface area contributed by atoms with Crippen LogP contribution in [0, 0.1) is 0 Å². The quantitative estimate of drug-likeness (QED) is 0.893. The summed E-state index contributed by atoms with van der Waals surface area (Å²) in [5.41, 5.74) is 0.733. The lowest BCUT2D eigenvalue weighted by molar-refractivity contribution is 0.0228. The fraction of sp³-hybridized carbons (Fsp3) is 0.588. The Morgan fingerprint density at radius 1 is 1.29 bits per heavy atom. The van der Waals surface area contributed by atoms with Crippen molar-refractivity contribution in [1.29, 1.82) is 0 Å². The van der Waals surface area contributed by atoms with E-state index in [1.807, 2.05) is 39.8 Å². The molecule has 1 amide bonds. The van der Waals surface area contributed by atoms with Crippen LogP contribution in [0.1, 0.15) is 46.1 Å². The second kappa shape index (κ2) is 7.34. The molecule has 1 aromatic rings. The van der Waals surface area contributed by atoms with Gasteiger partial charge < -0.3 is 14.7 Å². The first-order valence-electron chi connectivity index (χ1n) is 7.43. The smallest absolute Gasteiger partial charge is 0.410 e. The maximum Gasteiger partial charge on any atom is 0.410 e. The van der Waals surface area contributed by atoms with Crippen LogP contribution in [0.25, 0.3) is 0 Å². The predicted octanol–water partition coefficient (Wildman–Crippen LogP) is 3.97. The summed E-state index contributed by atoms with van der Waals surface area (Å²) in [6, 6.07) is 7.39. The molecule has 0 aliphatic rings. The van der Waals surface area contributed by atoms with Crippen LogP contribution in [-0.2, 0) is 11.2 Å². The molecule has 0 aromatic heterocycles. The summed E-state index contributed by atoms with van der Waals surface area (Å²) in [6.07, 6.45) is 2.56. The van der Waals surface area contributed by atoms with Gasteiger partial charge in [-0.25, -0.2) is 4.79 Å². The number of hydrogen-bond donors (Lipinski definition) is 1. The molecule has 0 saturated heterocycles. The van der Waals surface area contributed by atoms with Crippen LogP contribution in [0.2, 0.25) is 0 Å². The van der Waals surface area contributed by atoms with Gasteiger partial charge in [-0.1, -0.05) is 12.1 Å². The van der Waals surface area contributed by atoms with E-state index in [4.69, 9.17) is 4.74 Å². The third-order valence-corrected chi connectivity index (χ3v) is 3.37. The molecular formula is C17H27NO3. The van der Waals surface area contributed by atoms with Gasteiger partial charge in [-0.15, -0.1) is 0 Å². The Kier molecular flexibility index (Phi) is 6.06. The highest BCUT2D eigenvalue weighted by molar-refractivity contribution is 5.68. The molecule has 0 bridgehead atoms. The summed E-state index contributed by atoms with van der Waals surface area (Å²) in [6.45, 7) is 7.64. The number of nitrogens with zero attached hydrogens (tertiary/aromatic N) is 1. The van der Waals surface area contributed by atoms with Crippen molar-refractivity contribution in [2.45, 2.75) is 58.6 Å². The molecule has 0 aliphatic heterocycles. The summed E-state index contributed by atoms with van der Waals surface area (Å²) >= 11 is 0. The average molecular weight is 293 g/mol. The van der Waals surface area contributed by atoms with Gasteiger partial charge in [0.05, 0.1) is 0 Å². The molecule has 1 rings (SSSR count). The molecular weight excluding hydrogens is 266 g/mol. The lowest BCUT2D eigenvalue weighted by Crippen LogP contribution is -2.39. The number of amides is 1. The zero-order valence-electron chi connectivity index (χ0n) is 13.7. The fourth-order valence-corrected chi connectivity index (χ4v) is 1.97. The minimum absolute atomic E-state index is 0.136. The monoisotopic (exact) mass is 293 g/mol. The minimum atomic E-state index is -0.461. The van der Waals surface area contributed by atoms with E-state index < -0.39 is 5.60 Å². The first-order chi connectivity index (χ1) is 9.69. The van der Waals surface area contributed by atoms with Gasteiger partial charge in [0, 0.05) is 13.1 Å². The summed E-state index contributed by atoms with van der Waals surface area (Å²) in [5.74, 6) is 0.289. The van der Waals surface area contributed by atoms with E-state index in [1.54, 1.807) is 24.1 Å². The molecule has 0 spiro atoms. The number of hydrogen-bond acceptors (Lipinski definition) is 3. The molecule has 0 aliphatic carbocycles. The first kappa shape index (κ1) is 17.3. The van der Waals surface area contributed by atoms with E-state index >= 15 is 0 Å². The highest BCUT2D eigenvalue weighted by Crippen LogP contribution is 2.15. The molecule has 1 aromatic carbocycles. The fourth-order valence-electron chi connectivity index (χ4n) is 1.97. The van der Waals surface area contributed by atoms with E-state index in [0.717, 1.165) is 19.3 Å². The Bertz CT molecular complexity index is 448. The van der Waals surface area contributed by atoms with Crippen LogP contribution in [0.4, 0.5) is 4.79 Å². The van der Waals surface area contributed by atoms with Crippen molar-refractivity contribution in [3.05, 3.63) is 29.8 Å². The highest BCUT2D eigenvalue weighted by atomic mass is 16.6. The van der Waals surface area contributed by atoms with Crippen molar-refractivity contribution >= 4 is 6.09 Å². The normalized spacial score (nSPS) is 12.8. The number of rotatable bonds is 5. The minimum Gasteiger partial charge on any atom is -0.508 e. The molecule has 1 N–H and O–H groups in total. The number of carbonyl (C=O) groups excluding carboxylic acids is 1. The van der Waals surface area contributed by atoms with Gasteiger partial charge in [0.25, 0.3) is 0 Å². The number of benzene rings is 1. The van der Waals surface area contributed by atoms with E-state index in [-0.39, 0.29) is 17.9 Å². The molecule has 1 unspecified atom stereocenters. The lowest BCUT2D eigenvalue weighted by Gasteiger charge is -2.28. The maximum absolute atomic E-state index is 11.9. The number of aryl methyl sites for hydroxylation is 1. The van der Waals surface area contributed by atoms with Crippen molar-refractivity contribution < 1.29 is 14.6 Å². The maximum atomic E-state index is 11.9. The summed E-state index contributed by atoms with van der Waals surface area (Å²) < 4.78 is 5.36. The van der Waals surface area contributed by atoms with Crippen LogP contribution in [0.15, 0.2) is 24.3 Å². The van der Waals surface area contributed by atoms with Gasteiger partial charge in [-0.3, -0.25) is 0 Å². The van der Waals surface area contributed by atoms with Gasteiger partial charge in [0.1, 0.15) is 11.4 Å². The van der Waals surface area contributed by atoms with E-state index in [1.165, 1.54) is 5.56 Å².